The molecule has 1 aromatic rings. The average molecular weight is 274 g/mol. The van der Waals surface area contributed by atoms with E-state index in [1.54, 1.807) is 0 Å². The van der Waals surface area contributed by atoms with Gasteiger partial charge in [-0.15, -0.1) is 0 Å². The number of hydrogen-bond donors (Lipinski definition) is 2. The maximum atomic E-state index is 11.7. The summed E-state index contributed by atoms with van der Waals surface area (Å²) in [5.41, 5.74) is 1.31. The average Bonchev–Trinajstić information content (AvgIpc) is 2.31. The van der Waals surface area contributed by atoms with Crippen LogP contribution in [0.2, 0.25) is 0 Å². The second-order valence-electron chi connectivity index (χ2n) is 6.78. The maximum Gasteiger partial charge on any atom is 0.221 e. The summed E-state index contributed by atoms with van der Waals surface area (Å²) in [5.74, 6) is 0.820. The fourth-order valence-corrected chi connectivity index (χ4v) is 2.65. The van der Waals surface area contributed by atoms with Gasteiger partial charge in [-0.2, -0.15) is 0 Å². The van der Waals surface area contributed by atoms with Gasteiger partial charge in [-0.05, 0) is 45.1 Å². The van der Waals surface area contributed by atoms with Gasteiger partial charge >= 0.3 is 0 Å². The molecule has 0 aromatic heterocycles. The van der Waals surface area contributed by atoms with Crippen molar-refractivity contribution in [1.82, 2.24) is 10.6 Å². The molecular formula is C17H26N2O. The third-order valence-corrected chi connectivity index (χ3v) is 3.71. The van der Waals surface area contributed by atoms with Gasteiger partial charge in [0.1, 0.15) is 0 Å². The predicted molar refractivity (Wildman–Crippen MR) is 82.7 cm³/mol. The topological polar surface area (TPSA) is 41.1 Å². The number of carbonyl (C=O) groups is 1. The Kier molecular flexibility index (Phi) is 4.81. The monoisotopic (exact) mass is 274 g/mol. The molecule has 0 saturated heterocycles. The SMILES string of the molecule is CC(C)(C)NC(=O)CCNC1CC(c2ccccc2)C1. The van der Waals surface area contributed by atoms with E-state index in [9.17, 15) is 4.79 Å². The highest BCUT2D eigenvalue weighted by atomic mass is 16.1. The van der Waals surface area contributed by atoms with Gasteiger partial charge in [0.2, 0.25) is 5.91 Å². The highest BCUT2D eigenvalue weighted by Crippen LogP contribution is 2.36. The van der Waals surface area contributed by atoms with Crippen molar-refractivity contribution >= 4 is 5.91 Å². The predicted octanol–water partition coefficient (Wildman–Crippen LogP) is 2.83. The summed E-state index contributed by atoms with van der Waals surface area (Å²) < 4.78 is 0. The zero-order valence-electron chi connectivity index (χ0n) is 12.8. The van der Waals surface area contributed by atoms with Crippen LogP contribution in [0.25, 0.3) is 0 Å². The van der Waals surface area contributed by atoms with Crippen molar-refractivity contribution in [3.05, 3.63) is 35.9 Å². The van der Waals surface area contributed by atoms with Crippen LogP contribution in [-0.4, -0.2) is 24.0 Å². The van der Waals surface area contributed by atoms with Crippen LogP contribution in [0.1, 0.15) is 51.5 Å². The van der Waals surface area contributed by atoms with E-state index in [0.29, 0.717) is 18.4 Å². The molecule has 0 bridgehead atoms. The number of nitrogens with one attached hydrogen (secondary N) is 2. The minimum absolute atomic E-state index is 0.129. The Bertz CT molecular complexity index is 430. The first kappa shape index (κ1) is 15.0. The molecule has 0 heterocycles. The van der Waals surface area contributed by atoms with Gasteiger partial charge in [-0.1, -0.05) is 30.3 Å². The van der Waals surface area contributed by atoms with E-state index in [1.165, 1.54) is 18.4 Å². The molecule has 0 unspecified atom stereocenters. The van der Waals surface area contributed by atoms with E-state index in [2.05, 4.69) is 41.0 Å². The fourth-order valence-electron chi connectivity index (χ4n) is 2.65. The van der Waals surface area contributed by atoms with E-state index in [-0.39, 0.29) is 11.4 Å². The van der Waals surface area contributed by atoms with E-state index in [4.69, 9.17) is 0 Å². The van der Waals surface area contributed by atoms with Crippen molar-refractivity contribution in [2.24, 2.45) is 0 Å². The van der Waals surface area contributed by atoms with Crippen LogP contribution < -0.4 is 10.6 Å². The van der Waals surface area contributed by atoms with Crippen LogP contribution in [-0.2, 0) is 4.79 Å². The first-order chi connectivity index (χ1) is 9.44. The van der Waals surface area contributed by atoms with Crippen LogP contribution >= 0.6 is 0 Å². The molecule has 3 heteroatoms. The van der Waals surface area contributed by atoms with Gasteiger partial charge in [-0.25, -0.2) is 0 Å². The van der Waals surface area contributed by atoms with Gasteiger partial charge in [0.05, 0.1) is 0 Å². The van der Waals surface area contributed by atoms with E-state index >= 15 is 0 Å². The van der Waals surface area contributed by atoms with E-state index in [0.717, 1.165) is 6.54 Å². The Labute approximate surface area is 122 Å². The van der Waals surface area contributed by atoms with Crippen molar-refractivity contribution < 1.29 is 4.79 Å². The molecule has 1 aliphatic carbocycles. The molecule has 0 spiro atoms. The number of benzene rings is 1. The second kappa shape index (κ2) is 6.40. The lowest BCUT2D eigenvalue weighted by Gasteiger charge is -2.36. The molecule has 3 nitrogen and oxygen atoms in total. The van der Waals surface area contributed by atoms with Crippen molar-refractivity contribution in [3.8, 4) is 0 Å². The molecule has 1 amide bonds. The molecule has 2 rings (SSSR count). The minimum Gasteiger partial charge on any atom is -0.351 e. The highest BCUT2D eigenvalue weighted by Gasteiger charge is 2.29. The first-order valence-corrected chi connectivity index (χ1v) is 7.53. The maximum absolute atomic E-state index is 11.7. The summed E-state index contributed by atoms with van der Waals surface area (Å²) in [6.45, 7) is 6.80. The van der Waals surface area contributed by atoms with Crippen LogP contribution in [0, 0.1) is 0 Å². The Morgan fingerprint density at radius 1 is 1.20 bits per heavy atom. The number of amides is 1. The highest BCUT2D eigenvalue weighted by molar-refractivity contribution is 5.76. The van der Waals surface area contributed by atoms with Gasteiger partial charge in [-0.3, -0.25) is 4.79 Å². The van der Waals surface area contributed by atoms with Crippen molar-refractivity contribution in [2.45, 2.75) is 57.5 Å². The van der Waals surface area contributed by atoms with E-state index < -0.39 is 0 Å². The first-order valence-electron chi connectivity index (χ1n) is 7.53. The molecular weight excluding hydrogens is 248 g/mol. The summed E-state index contributed by atoms with van der Waals surface area (Å²) >= 11 is 0. The number of rotatable bonds is 5. The summed E-state index contributed by atoms with van der Waals surface area (Å²) in [4.78, 5) is 11.7. The summed E-state index contributed by atoms with van der Waals surface area (Å²) in [5, 5.41) is 6.46. The molecule has 1 saturated carbocycles. The van der Waals surface area contributed by atoms with E-state index in [1.807, 2.05) is 20.8 Å². The third-order valence-electron chi connectivity index (χ3n) is 3.71. The zero-order valence-corrected chi connectivity index (χ0v) is 12.8. The van der Waals surface area contributed by atoms with Crippen LogP contribution in [0.15, 0.2) is 30.3 Å². The van der Waals surface area contributed by atoms with Gasteiger partial charge in [0.25, 0.3) is 0 Å². The van der Waals surface area contributed by atoms with Crippen LogP contribution in [0.5, 0.6) is 0 Å². The van der Waals surface area contributed by atoms with Gasteiger partial charge in [0.15, 0.2) is 0 Å². The number of carbonyl (C=O) groups excluding carboxylic acids is 1. The summed E-state index contributed by atoms with van der Waals surface area (Å²) in [6, 6.07) is 11.3. The standard InChI is InChI=1S/C17H26N2O/c1-17(2,3)19-16(20)9-10-18-15-11-14(12-15)13-7-5-4-6-8-13/h4-8,14-15,18H,9-12H2,1-3H3,(H,19,20). The molecule has 0 atom stereocenters. The molecule has 1 aliphatic rings. The number of hydrogen-bond acceptors (Lipinski definition) is 2. The third kappa shape index (κ3) is 4.64. The molecule has 20 heavy (non-hydrogen) atoms. The quantitative estimate of drug-likeness (QED) is 0.867. The minimum atomic E-state index is -0.133. The van der Waals surface area contributed by atoms with Crippen molar-refractivity contribution in [3.63, 3.8) is 0 Å². The molecule has 110 valence electrons. The van der Waals surface area contributed by atoms with Gasteiger partial charge < -0.3 is 10.6 Å². The molecule has 1 fully saturated rings. The van der Waals surface area contributed by atoms with Crippen LogP contribution in [0.3, 0.4) is 0 Å². The Morgan fingerprint density at radius 3 is 2.45 bits per heavy atom. The lowest BCUT2D eigenvalue weighted by Crippen LogP contribution is -2.44. The van der Waals surface area contributed by atoms with Crippen molar-refractivity contribution in [2.75, 3.05) is 6.54 Å². The normalized spacial score (nSPS) is 22.1. The second-order valence-corrected chi connectivity index (χ2v) is 6.78. The molecule has 0 radical (unpaired) electrons. The summed E-state index contributed by atoms with van der Waals surface area (Å²) in [7, 11) is 0. The smallest absolute Gasteiger partial charge is 0.221 e. The Morgan fingerprint density at radius 2 is 1.85 bits per heavy atom. The van der Waals surface area contributed by atoms with Crippen molar-refractivity contribution in [1.29, 1.82) is 0 Å². The van der Waals surface area contributed by atoms with Gasteiger partial charge in [0, 0.05) is 24.5 Å². The largest absolute Gasteiger partial charge is 0.351 e. The lowest BCUT2D eigenvalue weighted by molar-refractivity contribution is -0.122. The zero-order chi connectivity index (χ0) is 14.6. The van der Waals surface area contributed by atoms with Crippen LogP contribution in [0.4, 0.5) is 0 Å². The lowest BCUT2D eigenvalue weighted by atomic mass is 9.76. The molecule has 1 aromatic carbocycles. The summed E-state index contributed by atoms with van der Waals surface area (Å²) in [6.07, 6.45) is 2.93. The molecule has 0 aliphatic heterocycles. The fraction of sp³-hybridized carbons (Fsp3) is 0.588. The Hall–Kier alpha value is -1.35. The molecule has 2 N–H and O–H groups in total. The Balaban J connectivity index is 1.60.